The van der Waals surface area contributed by atoms with E-state index in [0.29, 0.717) is 17.2 Å². The maximum atomic E-state index is 10.9. The number of methoxy groups -OCH3 is 2. The van der Waals surface area contributed by atoms with Crippen LogP contribution in [0.5, 0.6) is 17.2 Å². The van der Waals surface area contributed by atoms with Gasteiger partial charge in [-0.15, -0.1) is 0 Å². The van der Waals surface area contributed by atoms with Crippen LogP contribution in [0.4, 0.5) is 0 Å². The second-order valence-electron chi connectivity index (χ2n) is 9.14. The Balaban J connectivity index is 2.73. The van der Waals surface area contributed by atoms with Crippen LogP contribution in [0.1, 0.15) is 69.7 Å². The molecule has 1 N–H and O–H groups in total. The van der Waals surface area contributed by atoms with Crippen molar-refractivity contribution >= 4 is 0 Å². The van der Waals surface area contributed by atoms with Crippen molar-refractivity contribution in [3.8, 4) is 23.3 Å². The highest BCUT2D eigenvalue weighted by atomic mass is 16.5. The maximum Gasteiger partial charge on any atom is 0.161 e. The summed E-state index contributed by atoms with van der Waals surface area (Å²) in [5.41, 5.74) is 2.87. The van der Waals surface area contributed by atoms with Crippen molar-refractivity contribution < 1.29 is 14.6 Å². The SMILES string of the molecule is COc1ccc(C(C#N)c2cc(C(C)(C)C)c(O)c(C(C)(C)C)c2)cc1OC. The highest BCUT2D eigenvalue weighted by Gasteiger charge is 2.28. The number of rotatable bonds is 4. The molecule has 0 heterocycles. The first-order valence-electron chi connectivity index (χ1n) is 9.43. The number of phenols is 1. The molecule has 28 heavy (non-hydrogen) atoms. The van der Waals surface area contributed by atoms with Gasteiger partial charge in [-0.05, 0) is 57.3 Å². The van der Waals surface area contributed by atoms with Crippen LogP contribution in [0.25, 0.3) is 0 Å². The van der Waals surface area contributed by atoms with E-state index in [9.17, 15) is 10.4 Å². The van der Waals surface area contributed by atoms with E-state index in [1.54, 1.807) is 14.2 Å². The average molecular weight is 382 g/mol. The molecule has 1 unspecified atom stereocenters. The van der Waals surface area contributed by atoms with E-state index in [2.05, 4.69) is 47.6 Å². The van der Waals surface area contributed by atoms with Crippen molar-refractivity contribution in [3.05, 3.63) is 52.6 Å². The maximum absolute atomic E-state index is 10.9. The molecule has 0 bridgehead atoms. The van der Waals surface area contributed by atoms with Crippen molar-refractivity contribution in [2.24, 2.45) is 0 Å². The first-order valence-corrected chi connectivity index (χ1v) is 9.43. The lowest BCUT2D eigenvalue weighted by Crippen LogP contribution is -2.18. The Morgan fingerprint density at radius 3 is 1.71 bits per heavy atom. The molecule has 4 nitrogen and oxygen atoms in total. The van der Waals surface area contributed by atoms with E-state index in [1.807, 2.05) is 30.3 Å². The lowest BCUT2D eigenvalue weighted by molar-refractivity contribution is 0.354. The molecule has 0 aromatic heterocycles. The Labute approximate surface area is 168 Å². The van der Waals surface area contributed by atoms with Gasteiger partial charge in [0.25, 0.3) is 0 Å². The molecule has 0 aliphatic rings. The van der Waals surface area contributed by atoms with Crippen LogP contribution < -0.4 is 9.47 Å². The summed E-state index contributed by atoms with van der Waals surface area (Å²) in [6.45, 7) is 12.4. The number of benzene rings is 2. The van der Waals surface area contributed by atoms with Gasteiger partial charge in [0.15, 0.2) is 11.5 Å². The predicted octanol–water partition coefficient (Wildman–Crippen LogP) is 5.66. The van der Waals surface area contributed by atoms with Crippen LogP contribution in [0, 0.1) is 11.3 Å². The largest absolute Gasteiger partial charge is 0.507 e. The van der Waals surface area contributed by atoms with E-state index in [1.165, 1.54) is 0 Å². The van der Waals surface area contributed by atoms with Gasteiger partial charge in [0.1, 0.15) is 5.75 Å². The van der Waals surface area contributed by atoms with Gasteiger partial charge >= 0.3 is 0 Å². The molecule has 0 spiro atoms. The highest BCUT2D eigenvalue weighted by Crippen LogP contribution is 2.42. The number of nitrogens with zero attached hydrogens (tertiary/aromatic N) is 1. The van der Waals surface area contributed by atoms with E-state index in [0.717, 1.165) is 22.3 Å². The summed E-state index contributed by atoms with van der Waals surface area (Å²) in [5.74, 6) is 1.04. The Morgan fingerprint density at radius 1 is 0.821 bits per heavy atom. The minimum absolute atomic E-state index is 0.252. The van der Waals surface area contributed by atoms with E-state index in [-0.39, 0.29) is 10.8 Å². The second kappa shape index (κ2) is 7.75. The van der Waals surface area contributed by atoms with Crippen LogP contribution in [-0.2, 0) is 10.8 Å². The smallest absolute Gasteiger partial charge is 0.161 e. The molecule has 0 aliphatic heterocycles. The van der Waals surface area contributed by atoms with Gasteiger partial charge in [-0.3, -0.25) is 0 Å². The number of nitriles is 1. The number of aromatic hydroxyl groups is 1. The van der Waals surface area contributed by atoms with Crippen molar-refractivity contribution in [3.63, 3.8) is 0 Å². The van der Waals surface area contributed by atoms with E-state index < -0.39 is 5.92 Å². The Bertz CT molecular complexity index is 861. The summed E-state index contributed by atoms with van der Waals surface area (Å²) < 4.78 is 10.7. The van der Waals surface area contributed by atoms with Crippen LogP contribution in [-0.4, -0.2) is 19.3 Å². The summed E-state index contributed by atoms with van der Waals surface area (Å²) in [4.78, 5) is 0. The van der Waals surface area contributed by atoms with Crippen molar-refractivity contribution in [1.29, 1.82) is 5.26 Å². The number of phenolic OH excluding ortho intramolecular Hbond substituents is 1. The topological polar surface area (TPSA) is 62.5 Å². The molecule has 0 fully saturated rings. The van der Waals surface area contributed by atoms with Crippen LogP contribution in [0.2, 0.25) is 0 Å². The molecular formula is C24H31NO3. The zero-order valence-electron chi connectivity index (χ0n) is 18.2. The Morgan fingerprint density at radius 2 is 1.32 bits per heavy atom. The minimum atomic E-state index is -0.484. The molecule has 150 valence electrons. The number of hydrogen-bond donors (Lipinski definition) is 1. The first-order chi connectivity index (χ1) is 12.9. The standard InChI is InChI=1S/C24H31NO3/c1-23(2,3)18-11-16(12-19(22(18)26)24(4,5)6)17(14-25)15-9-10-20(27-7)21(13-15)28-8/h9-13,17,26H,1-8H3. The predicted molar refractivity (Wildman–Crippen MR) is 113 cm³/mol. The second-order valence-corrected chi connectivity index (χ2v) is 9.14. The molecule has 2 aromatic rings. The van der Waals surface area contributed by atoms with Crippen molar-refractivity contribution in [2.45, 2.75) is 58.3 Å². The molecule has 0 amide bonds. The van der Waals surface area contributed by atoms with Gasteiger partial charge in [0.05, 0.1) is 26.2 Å². The zero-order chi connectivity index (χ0) is 21.3. The summed E-state index contributed by atoms with van der Waals surface area (Å²) in [6.07, 6.45) is 0. The molecule has 4 heteroatoms. The van der Waals surface area contributed by atoms with E-state index in [4.69, 9.17) is 9.47 Å². The molecule has 0 saturated heterocycles. The third-order valence-electron chi connectivity index (χ3n) is 4.95. The number of ether oxygens (including phenoxy) is 2. The fourth-order valence-electron chi connectivity index (χ4n) is 3.34. The zero-order valence-corrected chi connectivity index (χ0v) is 18.2. The molecule has 1 atom stereocenters. The van der Waals surface area contributed by atoms with Crippen molar-refractivity contribution in [1.82, 2.24) is 0 Å². The van der Waals surface area contributed by atoms with Crippen LogP contribution >= 0.6 is 0 Å². The minimum Gasteiger partial charge on any atom is -0.507 e. The summed E-state index contributed by atoms with van der Waals surface area (Å²) in [5, 5.41) is 20.9. The average Bonchev–Trinajstić information content (AvgIpc) is 2.61. The van der Waals surface area contributed by atoms with Gasteiger partial charge in [0, 0.05) is 0 Å². The quantitative estimate of drug-likeness (QED) is 0.742. The fourth-order valence-corrected chi connectivity index (χ4v) is 3.34. The summed E-state index contributed by atoms with van der Waals surface area (Å²) in [6, 6.07) is 11.9. The first kappa shape index (κ1) is 21.6. The Kier molecular flexibility index (Phi) is 5.99. The normalized spacial score (nSPS) is 13.0. The molecule has 0 radical (unpaired) electrons. The third-order valence-corrected chi connectivity index (χ3v) is 4.95. The molecule has 0 saturated carbocycles. The fraction of sp³-hybridized carbons (Fsp3) is 0.458. The van der Waals surface area contributed by atoms with Crippen LogP contribution in [0.3, 0.4) is 0 Å². The Hall–Kier alpha value is -2.67. The molecular weight excluding hydrogens is 350 g/mol. The van der Waals surface area contributed by atoms with Gasteiger partial charge in [-0.2, -0.15) is 5.26 Å². The summed E-state index contributed by atoms with van der Waals surface area (Å²) in [7, 11) is 3.17. The van der Waals surface area contributed by atoms with E-state index >= 15 is 0 Å². The molecule has 2 rings (SSSR count). The van der Waals surface area contributed by atoms with Crippen molar-refractivity contribution in [2.75, 3.05) is 14.2 Å². The van der Waals surface area contributed by atoms with Gasteiger partial charge in [-0.25, -0.2) is 0 Å². The highest BCUT2D eigenvalue weighted by molar-refractivity contribution is 5.54. The third kappa shape index (κ3) is 4.25. The number of hydrogen-bond acceptors (Lipinski definition) is 4. The lowest BCUT2D eigenvalue weighted by Gasteiger charge is -2.29. The lowest BCUT2D eigenvalue weighted by atomic mass is 9.76. The summed E-state index contributed by atoms with van der Waals surface area (Å²) >= 11 is 0. The van der Waals surface area contributed by atoms with Gasteiger partial charge in [-0.1, -0.05) is 47.6 Å². The van der Waals surface area contributed by atoms with Crippen LogP contribution in [0.15, 0.2) is 30.3 Å². The monoisotopic (exact) mass is 381 g/mol. The molecule has 0 aliphatic carbocycles. The molecule has 2 aromatic carbocycles. The van der Waals surface area contributed by atoms with Gasteiger partial charge in [0.2, 0.25) is 0 Å². The van der Waals surface area contributed by atoms with Gasteiger partial charge < -0.3 is 14.6 Å².